The van der Waals surface area contributed by atoms with Crippen molar-refractivity contribution in [3.8, 4) is 0 Å². The fraction of sp³-hybridized carbons (Fsp3) is 0.316. The Hall–Kier alpha value is -2.67. The summed E-state index contributed by atoms with van der Waals surface area (Å²) in [5.74, 6) is -0.671. The SMILES string of the molecule is COC(=O)c1c(NC(=O)c2ccc(N3CCCC3=O)cc2)sc(C)c1C. The summed E-state index contributed by atoms with van der Waals surface area (Å²) in [6, 6.07) is 6.90. The van der Waals surface area contributed by atoms with Crippen molar-refractivity contribution in [3.05, 3.63) is 45.8 Å². The highest BCUT2D eigenvalue weighted by molar-refractivity contribution is 7.16. The Morgan fingerprint density at radius 3 is 2.46 bits per heavy atom. The molecular formula is C19H20N2O4S. The standard InChI is InChI=1S/C19H20N2O4S/c1-11-12(2)26-18(16(11)19(24)25-3)20-17(23)13-6-8-14(9-7-13)21-10-4-5-15(21)22/h6-9H,4-5,10H2,1-3H3,(H,20,23). The highest BCUT2D eigenvalue weighted by atomic mass is 32.1. The van der Waals surface area contributed by atoms with Crippen LogP contribution in [0.3, 0.4) is 0 Å². The number of rotatable bonds is 4. The lowest BCUT2D eigenvalue weighted by Crippen LogP contribution is -2.23. The lowest BCUT2D eigenvalue weighted by molar-refractivity contribution is -0.117. The molecule has 1 fully saturated rings. The number of esters is 1. The molecule has 26 heavy (non-hydrogen) atoms. The average Bonchev–Trinajstić information content (AvgIpc) is 3.18. The number of carbonyl (C=O) groups is 3. The van der Waals surface area contributed by atoms with Gasteiger partial charge in [-0.15, -0.1) is 11.3 Å². The van der Waals surface area contributed by atoms with Crippen LogP contribution in [0.4, 0.5) is 10.7 Å². The molecule has 136 valence electrons. The third kappa shape index (κ3) is 3.35. The van der Waals surface area contributed by atoms with E-state index in [1.807, 2.05) is 13.8 Å². The first-order chi connectivity index (χ1) is 12.4. The smallest absolute Gasteiger partial charge is 0.341 e. The maximum Gasteiger partial charge on any atom is 0.341 e. The highest BCUT2D eigenvalue weighted by Crippen LogP contribution is 2.33. The zero-order valence-corrected chi connectivity index (χ0v) is 15.7. The van der Waals surface area contributed by atoms with Crippen molar-refractivity contribution in [2.45, 2.75) is 26.7 Å². The van der Waals surface area contributed by atoms with E-state index in [4.69, 9.17) is 4.74 Å². The van der Waals surface area contributed by atoms with E-state index in [9.17, 15) is 14.4 Å². The molecule has 2 amide bonds. The molecule has 7 heteroatoms. The number of hydrogen-bond donors (Lipinski definition) is 1. The van der Waals surface area contributed by atoms with Crippen molar-refractivity contribution in [2.75, 3.05) is 23.9 Å². The van der Waals surface area contributed by atoms with Crippen LogP contribution < -0.4 is 10.2 Å². The summed E-state index contributed by atoms with van der Waals surface area (Å²) in [6.07, 6.45) is 1.42. The van der Waals surface area contributed by atoms with Gasteiger partial charge in [-0.25, -0.2) is 4.79 Å². The Labute approximate surface area is 155 Å². The monoisotopic (exact) mass is 372 g/mol. The van der Waals surface area contributed by atoms with Gasteiger partial charge in [-0.3, -0.25) is 9.59 Å². The molecule has 0 unspecified atom stereocenters. The van der Waals surface area contributed by atoms with Gasteiger partial charge in [0.15, 0.2) is 0 Å². The fourth-order valence-corrected chi connectivity index (χ4v) is 4.00. The summed E-state index contributed by atoms with van der Waals surface area (Å²) < 4.78 is 4.82. The molecule has 1 aliphatic heterocycles. The van der Waals surface area contributed by atoms with Gasteiger partial charge in [0.1, 0.15) is 5.00 Å². The zero-order chi connectivity index (χ0) is 18.8. The molecule has 1 aromatic heterocycles. The summed E-state index contributed by atoms with van der Waals surface area (Å²) in [7, 11) is 1.32. The van der Waals surface area contributed by atoms with Crippen LogP contribution in [0, 0.1) is 13.8 Å². The maximum atomic E-state index is 12.6. The van der Waals surface area contributed by atoms with Gasteiger partial charge in [0.05, 0.1) is 12.7 Å². The number of benzene rings is 1. The summed E-state index contributed by atoms with van der Waals surface area (Å²) in [4.78, 5) is 39.0. The summed E-state index contributed by atoms with van der Waals surface area (Å²) in [5, 5.41) is 3.28. The summed E-state index contributed by atoms with van der Waals surface area (Å²) in [6.45, 7) is 4.43. The van der Waals surface area contributed by atoms with E-state index in [2.05, 4.69) is 5.32 Å². The Morgan fingerprint density at radius 2 is 1.88 bits per heavy atom. The van der Waals surface area contributed by atoms with Crippen LogP contribution in [0.5, 0.6) is 0 Å². The summed E-state index contributed by atoms with van der Waals surface area (Å²) in [5.41, 5.74) is 2.45. The number of nitrogens with zero attached hydrogens (tertiary/aromatic N) is 1. The lowest BCUT2D eigenvalue weighted by atomic mass is 10.1. The lowest BCUT2D eigenvalue weighted by Gasteiger charge is -2.15. The number of aryl methyl sites for hydroxylation is 1. The van der Waals surface area contributed by atoms with E-state index < -0.39 is 5.97 Å². The van der Waals surface area contributed by atoms with Gasteiger partial charge in [-0.1, -0.05) is 0 Å². The second kappa shape index (κ2) is 7.29. The van der Waals surface area contributed by atoms with Crippen LogP contribution in [-0.4, -0.2) is 31.4 Å². The minimum Gasteiger partial charge on any atom is -0.465 e. The van der Waals surface area contributed by atoms with Gasteiger partial charge in [0.25, 0.3) is 5.91 Å². The third-order valence-corrected chi connectivity index (χ3v) is 5.64. The van der Waals surface area contributed by atoms with Gasteiger partial charge in [0.2, 0.25) is 5.91 Å². The largest absolute Gasteiger partial charge is 0.465 e. The van der Waals surface area contributed by atoms with Crippen molar-refractivity contribution >= 4 is 39.8 Å². The first-order valence-electron chi connectivity index (χ1n) is 8.32. The molecule has 1 saturated heterocycles. The minimum atomic E-state index is -0.468. The zero-order valence-electron chi connectivity index (χ0n) is 14.9. The molecule has 0 spiro atoms. The third-order valence-electron chi connectivity index (χ3n) is 4.52. The fourth-order valence-electron chi connectivity index (χ4n) is 2.95. The van der Waals surface area contributed by atoms with Gasteiger partial charge in [0, 0.05) is 29.1 Å². The molecular weight excluding hydrogens is 352 g/mol. The van der Waals surface area contributed by atoms with Crippen molar-refractivity contribution in [1.82, 2.24) is 0 Å². The molecule has 1 N–H and O–H groups in total. The van der Waals surface area contributed by atoms with Crippen LogP contribution >= 0.6 is 11.3 Å². The molecule has 1 aliphatic rings. The van der Waals surface area contributed by atoms with Crippen molar-refractivity contribution in [1.29, 1.82) is 0 Å². The maximum absolute atomic E-state index is 12.6. The van der Waals surface area contributed by atoms with Gasteiger partial charge < -0.3 is 15.0 Å². The molecule has 3 rings (SSSR count). The molecule has 0 bridgehead atoms. The minimum absolute atomic E-state index is 0.106. The Kier molecular flexibility index (Phi) is 5.08. The number of hydrogen-bond acceptors (Lipinski definition) is 5. The van der Waals surface area contributed by atoms with E-state index in [1.54, 1.807) is 29.2 Å². The van der Waals surface area contributed by atoms with Gasteiger partial charge in [-0.2, -0.15) is 0 Å². The molecule has 0 saturated carbocycles. The van der Waals surface area contributed by atoms with Crippen molar-refractivity contribution < 1.29 is 19.1 Å². The van der Waals surface area contributed by atoms with E-state index in [-0.39, 0.29) is 11.8 Å². The molecule has 1 aromatic carbocycles. The Balaban J connectivity index is 1.79. The predicted molar refractivity (Wildman–Crippen MR) is 101 cm³/mol. The highest BCUT2D eigenvalue weighted by Gasteiger charge is 2.23. The van der Waals surface area contributed by atoms with Crippen LogP contribution in [0.25, 0.3) is 0 Å². The number of carbonyl (C=O) groups excluding carboxylic acids is 3. The van der Waals surface area contributed by atoms with Crippen LogP contribution in [0.2, 0.25) is 0 Å². The van der Waals surface area contributed by atoms with Crippen LogP contribution in [0.1, 0.15) is 44.0 Å². The number of methoxy groups -OCH3 is 1. The quantitative estimate of drug-likeness (QED) is 0.833. The number of amides is 2. The van der Waals surface area contributed by atoms with Gasteiger partial charge >= 0.3 is 5.97 Å². The molecule has 0 aliphatic carbocycles. The van der Waals surface area contributed by atoms with Gasteiger partial charge in [-0.05, 0) is 50.1 Å². The second-order valence-corrected chi connectivity index (χ2v) is 7.35. The van der Waals surface area contributed by atoms with Crippen LogP contribution in [0.15, 0.2) is 24.3 Å². The molecule has 6 nitrogen and oxygen atoms in total. The number of thiophene rings is 1. The second-order valence-electron chi connectivity index (χ2n) is 6.13. The van der Waals surface area contributed by atoms with Crippen molar-refractivity contribution in [2.24, 2.45) is 0 Å². The molecule has 0 radical (unpaired) electrons. The number of anilines is 2. The van der Waals surface area contributed by atoms with Crippen LogP contribution in [-0.2, 0) is 9.53 Å². The first kappa shape index (κ1) is 18.1. The van der Waals surface area contributed by atoms with E-state index >= 15 is 0 Å². The molecule has 2 aromatic rings. The number of ether oxygens (including phenoxy) is 1. The van der Waals surface area contributed by atoms with E-state index in [0.29, 0.717) is 29.1 Å². The normalized spacial score (nSPS) is 13.8. The van der Waals surface area contributed by atoms with E-state index in [0.717, 1.165) is 22.5 Å². The summed E-state index contributed by atoms with van der Waals surface area (Å²) >= 11 is 1.35. The molecule has 0 atom stereocenters. The first-order valence-corrected chi connectivity index (χ1v) is 9.14. The topological polar surface area (TPSA) is 75.7 Å². The Bertz CT molecular complexity index is 870. The molecule has 2 heterocycles. The van der Waals surface area contributed by atoms with Crippen molar-refractivity contribution in [3.63, 3.8) is 0 Å². The Morgan fingerprint density at radius 1 is 1.19 bits per heavy atom. The average molecular weight is 372 g/mol. The number of nitrogens with one attached hydrogen (secondary N) is 1. The predicted octanol–water partition coefficient (Wildman–Crippen LogP) is 3.53. The van der Waals surface area contributed by atoms with E-state index in [1.165, 1.54) is 18.4 Å².